The number of H-pyrrole nitrogens is 1. The summed E-state index contributed by atoms with van der Waals surface area (Å²) >= 11 is 0. The smallest absolute Gasteiger partial charge is 0.422 e. The number of nitrogens with one attached hydrogen (secondary N) is 2. The molecule has 0 radical (unpaired) electrons. The number of rotatable bonds is 10. The summed E-state index contributed by atoms with van der Waals surface area (Å²) in [4.78, 5) is 41.0. The lowest BCUT2D eigenvalue weighted by molar-refractivity contribution is -0.303. The topological polar surface area (TPSA) is 169 Å². The van der Waals surface area contributed by atoms with Gasteiger partial charge < -0.3 is 29.6 Å². The van der Waals surface area contributed by atoms with Gasteiger partial charge in [0.1, 0.15) is 16.4 Å². The highest BCUT2D eigenvalue weighted by Crippen LogP contribution is 2.51. The number of anilines is 2. The van der Waals surface area contributed by atoms with Crippen LogP contribution < -0.4 is 10.9 Å². The van der Waals surface area contributed by atoms with Crippen molar-refractivity contribution in [2.45, 2.75) is 96.2 Å². The van der Waals surface area contributed by atoms with Crippen molar-refractivity contribution in [3.05, 3.63) is 52.4 Å². The molecule has 3 atom stereocenters. The number of aromatic nitrogens is 3. The van der Waals surface area contributed by atoms with Gasteiger partial charge in [0.2, 0.25) is 5.60 Å². The predicted octanol–water partition coefficient (Wildman–Crippen LogP) is 5.33. The number of hydrogen-bond acceptors (Lipinski definition) is 10. The third-order valence-electron chi connectivity index (χ3n) is 8.38. The van der Waals surface area contributed by atoms with Gasteiger partial charge in [-0.3, -0.25) is 14.3 Å². The molecule has 2 aromatic heterocycles. The Morgan fingerprint density at radius 2 is 1.85 bits per heavy atom. The van der Waals surface area contributed by atoms with Crippen LogP contribution in [0.4, 0.5) is 24.7 Å². The highest BCUT2D eigenvalue weighted by atomic mass is 19.4. The third-order valence-corrected chi connectivity index (χ3v) is 8.38. The second kappa shape index (κ2) is 13.2. The largest absolute Gasteiger partial charge is 0.465 e. The number of esters is 2. The maximum atomic E-state index is 14.5. The Bertz CT molecular complexity index is 1740. The fraction of sp³-hybridized carbons (Fsp3) is 0.545. The zero-order chi connectivity index (χ0) is 35.7. The molecule has 1 aromatic carbocycles. The Kier molecular flexibility index (Phi) is 10.0. The van der Waals surface area contributed by atoms with Crippen molar-refractivity contribution < 1.29 is 42.1 Å². The summed E-state index contributed by atoms with van der Waals surface area (Å²) in [6.07, 6.45) is -3.87. The molecule has 1 fully saturated rings. The number of aromatic amines is 1. The van der Waals surface area contributed by atoms with Crippen molar-refractivity contribution in [1.29, 1.82) is 5.26 Å². The van der Waals surface area contributed by atoms with E-state index in [1.54, 1.807) is 33.8 Å². The summed E-state index contributed by atoms with van der Waals surface area (Å²) < 4.78 is 61.3. The molecule has 1 saturated heterocycles. The fourth-order valence-corrected chi connectivity index (χ4v) is 5.75. The van der Waals surface area contributed by atoms with Crippen LogP contribution in [-0.2, 0) is 34.9 Å². The lowest BCUT2D eigenvalue weighted by Gasteiger charge is -2.42. The van der Waals surface area contributed by atoms with Gasteiger partial charge in [-0.25, -0.2) is 4.79 Å². The zero-order valence-electron chi connectivity index (χ0n) is 27.7. The minimum absolute atomic E-state index is 0.0423. The van der Waals surface area contributed by atoms with Crippen molar-refractivity contribution >= 4 is 34.3 Å². The number of aliphatic hydroxyl groups is 1. The second-order valence-corrected chi connectivity index (χ2v) is 13.4. The van der Waals surface area contributed by atoms with E-state index in [0.29, 0.717) is 11.9 Å². The van der Waals surface area contributed by atoms with Crippen LogP contribution in [0.3, 0.4) is 0 Å². The fourth-order valence-electron chi connectivity index (χ4n) is 5.75. The number of carbonyl (C=O) groups is 2. The maximum Gasteiger partial charge on any atom is 0.422 e. The van der Waals surface area contributed by atoms with E-state index in [1.165, 1.54) is 23.0 Å². The van der Waals surface area contributed by atoms with Gasteiger partial charge in [-0.05, 0) is 77.6 Å². The van der Waals surface area contributed by atoms with Gasteiger partial charge in [0.05, 0.1) is 36.8 Å². The number of fused-ring (bicyclic) bond motifs is 1. The van der Waals surface area contributed by atoms with Gasteiger partial charge >= 0.3 is 18.1 Å². The zero-order valence-corrected chi connectivity index (χ0v) is 27.7. The number of ether oxygens (including phenoxy) is 3. The molecule has 0 aliphatic carbocycles. The first-order chi connectivity index (χ1) is 22.3. The molecule has 15 heteroatoms. The molecule has 3 heterocycles. The molecule has 1 aliphatic rings. The molecule has 0 bridgehead atoms. The summed E-state index contributed by atoms with van der Waals surface area (Å²) in [5.41, 5.74) is -8.35. The normalized spacial score (nSPS) is 20.1. The van der Waals surface area contributed by atoms with Gasteiger partial charge in [0.25, 0.3) is 5.56 Å². The van der Waals surface area contributed by atoms with Crippen LogP contribution in [-0.4, -0.2) is 62.9 Å². The highest BCUT2D eigenvalue weighted by molar-refractivity contribution is 5.91. The molecule has 48 heavy (non-hydrogen) atoms. The number of nitrogens with zero attached hydrogens (tertiary/aromatic N) is 3. The molecule has 1 unspecified atom stereocenters. The van der Waals surface area contributed by atoms with Crippen LogP contribution in [0.5, 0.6) is 0 Å². The SMILES string of the molecule is CCCOC(=O)C(C)(C)C(O)(c1ccc(Nc2nn([C@]3(CC#N)CC[C@@H](C(=O)OC(C)(C)C)OC3)c3cc[nH]c(=O)c23)cc1)C(F)(F)F. The van der Waals surface area contributed by atoms with Crippen LogP contribution in [0.15, 0.2) is 41.3 Å². The van der Waals surface area contributed by atoms with Crippen molar-refractivity contribution in [2.24, 2.45) is 5.41 Å². The van der Waals surface area contributed by atoms with Crippen LogP contribution >= 0.6 is 0 Å². The maximum absolute atomic E-state index is 14.5. The Hall–Kier alpha value is -4.42. The molecule has 12 nitrogen and oxygen atoms in total. The van der Waals surface area contributed by atoms with E-state index in [-0.39, 0.29) is 49.4 Å². The molecule has 0 saturated carbocycles. The van der Waals surface area contributed by atoms with Gasteiger partial charge in [0, 0.05) is 11.9 Å². The minimum Gasteiger partial charge on any atom is -0.465 e. The summed E-state index contributed by atoms with van der Waals surface area (Å²) in [6, 6.07) is 8.30. The monoisotopic (exact) mass is 675 g/mol. The van der Waals surface area contributed by atoms with Crippen LogP contribution in [0, 0.1) is 16.7 Å². The molecule has 4 rings (SSSR count). The first-order valence-electron chi connectivity index (χ1n) is 15.5. The van der Waals surface area contributed by atoms with E-state index in [4.69, 9.17) is 14.2 Å². The summed E-state index contributed by atoms with van der Waals surface area (Å²) in [5, 5.41) is 28.6. The van der Waals surface area contributed by atoms with E-state index in [2.05, 4.69) is 21.5 Å². The van der Waals surface area contributed by atoms with Crippen LogP contribution in [0.25, 0.3) is 10.9 Å². The van der Waals surface area contributed by atoms with Gasteiger partial charge in [-0.1, -0.05) is 19.1 Å². The van der Waals surface area contributed by atoms with Gasteiger partial charge in [-0.2, -0.15) is 23.5 Å². The number of carbonyl (C=O) groups excluding carboxylic acids is 2. The lowest BCUT2D eigenvalue weighted by Crippen LogP contribution is -2.57. The quantitative estimate of drug-likeness (QED) is 0.239. The summed E-state index contributed by atoms with van der Waals surface area (Å²) in [6.45, 7) is 8.66. The van der Waals surface area contributed by atoms with Gasteiger partial charge in [0.15, 0.2) is 11.9 Å². The number of benzene rings is 1. The van der Waals surface area contributed by atoms with Crippen molar-refractivity contribution in [2.75, 3.05) is 18.5 Å². The molecule has 0 spiro atoms. The summed E-state index contributed by atoms with van der Waals surface area (Å²) in [5.74, 6) is -1.70. The lowest BCUT2D eigenvalue weighted by atomic mass is 9.70. The molecule has 0 amide bonds. The summed E-state index contributed by atoms with van der Waals surface area (Å²) in [7, 11) is 0. The minimum atomic E-state index is -5.25. The van der Waals surface area contributed by atoms with Crippen LogP contribution in [0.2, 0.25) is 0 Å². The number of alkyl halides is 3. The first-order valence-corrected chi connectivity index (χ1v) is 15.5. The Balaban J connectivity index is 1.70. The highest BCUT2D eigenvalue weighted by Gasteiger charge is 2.67. The predicted molar refractivity (Wildman–Crippen MR) is 168 cm³/mol. The van der Waals surface area contributed by atoms with E-state index < -0.39 is 57.5 Å². The van der Waals surface area contributed by atoms with E-state index in [1.807, 2.05) is 0 Å². The molecule has 3 N–H and O–H groups in total. The molecule has 260 valence electrons. The van der Waals surface area contributed by atoms with Crippen molar-refractivity contribution in [1.82, 2.24) is 14.8 Å². The Morgan fingerprint density at radius 3 is 2.40 bits per heavy atom. The number of pyridine rings is 1. The van der Waals surface area contributed by atoms with Crippen molar-refractivity contribution in [3.8, 4) is 6.07 Å². The second-order valence-electron chi connectivity index (χ2n) is 13.4. The van der Waals surface area contributed by atoms with Gasteiger partial charge in [-0.15, -0.1) is 0 Å². The molecule has 3 aromatic rings. The number of halogens is 3. The van der Waals surface area contributed by atoms with E-state index in [0.717, 1.165) is 26.0 Å². The van der Waals surface area contributed by atoms with Crippen molar-refractivity contribution in [3.63, 3.8) is 0 Å². The Morgan fingerprint density at radius 1 is 1.19 bits per heavy atom. The molecular weight excluding hydrogens is 635 g/mol. The Labute approximate surface area is 275 Å². The van der Waals surface area contributed by atoms with Crippen LogP contribution in [0.1, 0.15) is 72.8 Å². The first kappa shape index (κ1) is 36.4. The van der Waals surface area contributed by atoms with E-state index >= 15 is 0 Å². The average molecular weight is 676 g/mol. The third kappa shape index (κ3) is 6.77. The number of hydrogen-bond donors (Lipinski definition) is 3. The van der Waals surface area contributed by atoms with E-state index in [9.17, 15) is 37.9 Å². The average Bonchev–Trinajstić information content (AvgIpc) is 3.38. The standard InChI is InChI=1S/C33H40F3N5O7/c1-7-18-46-28(44)30(5,6)32(45,33(34,35)36)20-8-10-21(11-9-20)39-25-24-22(13-17-38-26(24)42)41(40-25)31(15-16-37)14-12-23(47-19-31)27(43)48-29(2,3)4/h8-11,13,17,23,45H,7,12,14-15,18-19H2,1-6H3,(H,38,42)(H,39,40)/t23-,31-,32?/m0/s1. The molecular formula is C33H40F3N5O7. The molecule has 1 aliphatic heterocycles. The number of nitriles is 1.